The molecule has 0 aliphatic carbocycles. The maximum Gasteiger partial charge on any atom is 0.147 e. The molecule has 0 aliphatic rings. The van der Waals surface area contributed by atoms with E-state index >= 15 is 0 Å². The highest BCUT2D eigenvalue weighted by Gasteiger charge is 2.08. The number of hydrogen-bond donors (Lipinski definition) is 2. The minimum absolute atomic E-state index is 0.0424. The van der Waals surface area contributed by atoms with Crippen LogP contribution in [-0.4, -0.2) is 0 Å². The first kappa shape index (κ1) is 13.8. The summed E-state index contributed by atoms with van der Waals surface area (Å²) in [6.45, 7) is 1.50. The number of hydrogen-bond acceptors (Lipinski definition) is 3. The van der Waals surface area contributed by atoms with Gasteiger partial charge in [-0.2, -0.15) is 5.26 Å². The molecule has 2 aromatic rings. The number of nitrogens with two attached hydrogens (primary N) is 1. The van der Waals surface area contributed by atoms with E-state index < -0.39 is 11.6 Å². The van der Waals surface area contributed by atoms with E-state index in [0.717, 1.165) is 12.1 Å². The smallest absolute Gasteiger partial charge is 0.147 e. The van der Waals surface area contributed by atoms with Crippen molar-refractivity contribution >= 4 is 17.1 Å². The number of nitrogens with zero attached hydrogens (tertiary/aromatic N) is 1. The lowest BCUT2D eigenvalue weighted by atomic mass is 10.1. The van der Waals surface area contributed by atoms with Crippen molar-refractivity contribution in [3.05, 3.63) is 53.1 Å². The second-order valence-electron chi connectivity index (χ2n) is 4.45. The lowest BCUT2D eigenvalue weighted by Crippen LogP contribution is -1.99. The van der Waals surface area contributed by atoms with E-state index in [1.54, 1.807) is 18.2 Å². The number of rotatable bonds is 3. The van der Waals surface area contributed by atoms with Crippen molar-refractivity contribution in [3.63, 3.8) is 0 Å². The van der Waals surface area contributed by atoms with Crippen LogP contribution in [0.15, 0.2) is 30.3 Å². The molecule has 2 aromatic carbocycles. The highest BCUT2D eigenvalue weighted by atomic mass is 19.1. The minimum Gasteiger partial charge on any atom is -0.398 e. The number of halogens is 2. The Morgan fingerprint density at radius 2 is 1.95 bits per heavy atom. The third-order valence-corrected chi connectivity index (χ3v) is 2.94. The molecule has 3 N–H and O–H groups in total. The van der Waals surface area contributed by atoms with Gasteiger partial charge in [0.15, 0.2) is 0 Å². The average Bonchev–Trinajstić information content (AvgIpc) is 2.40. The molecule has 0 heterocycles. The summed E-state index contributed by atoms with van der Waals surface area (Å²) in [6, 6.07) is 9.15. The first-order valence-corrected chi connectivity index (χ1v) is 5.99. The van der Waals surface area contributed by atoms with Crippen LogP contribution in [0.2, 0.25) is 0 Å². The third kappa shape index (κ3) is 2.86. The van der Waals surface area contributed by atoms with Crippen LogP contribution in [0.25, 0.3) is 0 Å². The molecule has 2 rings (SSSR count). The number of nitriles is 1. The SMILES string of the molecule is Cc1cc(F)c(Nc2ccc(N)c(CC#N)c2)cc1F. The van der Waals surface area contributed by atoms with Gasteiger partial charge in [0, 0.05) is 17.4 Å². The molecule has 3 nitrogen and oxygen atoms in total. The van der Waals surface area contributed by atoms with Crippen molar-refractivity contribution in [3.8, 4) is 6.07 Å². The van der Waals surface area contributed by atoms with E-state index in [1.165, 1.54) is 6.92 Å². The molecule has 0 atom stereocenters. The molecule has 5 heteroatoms. The first-order chi connectivity index (χ1) is 9.51. The van der Waals surface area contributed by atoms with Gasteiger partial charge in [0.1, 0.15) is 11.6 Å². The fourth-order valence-electron chi connectivity index (χ4n) is 1.82. The topological polar surface area (TPSA) is 61.8 Å². The van der Waals surface area contributed by atoms with Crippen LogP contribution in [0.1, 0.15) is 11.1 Å². The first-order valence-electron chi connectivity index (χ1n) is 5.99. The van der Waals surface area contributed by atoms with Gasteiger partial charge in [0.2, 0.25) is 0 Å². The quantitative estimate of drug-likeness (QED) is 0.839. The summed E-state index contributed by atoms with van der Waals surface area (Å²) < 4.78 is 27.2. The number of anilines is 3. The standard InChI is InChI=1S/C15H13F2N3/c1-9-6-13(17)15(8-12(9)16)20-11-2-3-14(19)10(7-11)4-5-18/h2-3,6-8,20H,4,19H2,1H3. The normalized spacial score (nSPS) is 10.1. The molecule has 0 aromatic heterocycles. The lowest BCUT2D eigenvalue weighted by Gasteiger charge is -2.11. The lowest BCUT2D eigenvalue weighted by molar-refractivity contribution is 0.595. The molecule has 20 heavy (non-hydrogen) atoms. The molecule has 0 unspecified atom stereocenters. The van der Waals surface area contributed by atoms with Gasteiger partial charge < -0.3 is 11.1 Å². The Morgan fingerprint density at radius 3 is 2.65 bits per heavy atom. The highest BCUT2D eigenvalue weighted by Crippen LogP contribution is 2.25. The van der Waals surface area contributed by atoms with Gasteiger partial charge in [0.25, 0.3) is 0 Å². The summed E-state index contributed by atoms with van der Waals surface area (Å²) in [5.41, 5.74) is 7.70. The van der Waals surface area contributed by atoms with Gasteiger partial charge in [-0.15, -0.1) is 0 Å². The van der Waals surface area contributed by atoms with Gasteiger partial charge in [0.05, 0.1) is 18.2 Å². The molecule has 0 saturated carbocycles. The van der Waals surface area contributed by atoms with Crippen LogP contribution in [0.3, 0.4) is 0 Å². The molecular weight excluding hydrogens is 260 g/mol. The largest absolute Gasteiger partial charge is 0.398 e. The Bertz CT molecular complexity index is 690. The highest BCUT2D eigenvalue weighted by molar-refractivity contribution is 5.65. The molecular formula is C15H13F2N3. The van der Waals surface area contributed by atoms with Crippen LogP contribution in [0.4, 0.5) is 25.8 Å². The Morgan fingerprint density at radius 1 is 1.20 bits per heavy atom. The van der Waals surface area contributed by atoms with Crippen LogP contribution in [0, 0.1) is 29.9 Å². The zero-order valence-electron chi connectivity index (χ0n) is 10.9. The van der Waals surface area contributed by atoms with Gasteiger partial charge >= 0.3 is 0 Å². The van der Waals surface area contributed by atoms with Crippen LogP contribution in [-0.2, 0) is 6.42 Å². The van der Waals surface area contributed by atoms with Gasteiger partial charge in [-0.1, -0.05) is 0 Å². The molecule has 0 spiro atoms. The van der Waals surface area contributed by atoms with Crippen molar-refractivity contribution < 1.29 is 8.78 Å². The number of benzene rings is 2. The molecule has 0 aliphatic heterocycles. The van der Waals surface area contributed by atoms with Crippen molar-refractivity contribution in [1.29, 1.82) is 5.26 Å². The van der Waals surface area contributed by atoms with E-state index in [4.69, 9.17) is 11.0 Å². The van der Waals surface area contributed by atoms with Crippen molar-refractivity contribution in [2.24, 2.45) is 0 Å². The number of aryl methyl sites for hydroxylation is 1. The minimum atomic E-state index is -0.539. The fourth-order valence-corrected chi connectivity index (χ4v) is 1.82. The Labute approximate surface area is 115 Å². The van der Waals surface area contributed by atoms with E-state index in [1.807, 2.05) is 6.07 Å². The second kappa shape index (κ2) is 5.57. The summed E-state index contributed by atoms with van der Waals surface area (Å²) in [4.78, 5) is 0. The van der Waals surface area contributed by atoms with E-state index in [2.05, 4.69) is 5.32 Å². The third-order valence-electron chi connectivity index (χ3n) is 2.94. The zero-order valence-corrected chi connectivity index (χ0v) is 10.9. The van der Waals surface area contributed by atoms with E-state index in [9.17, 15) is 8.78 Å². The van der Waals surface area contributed by atoms with Crippen molar-refractivity contribution in [2.45, 2.75) is 13.3 Å². The predicted octanol–water partition coefficient (Wildman–Crippen LogP) is 3.67. The van der Waals surface area contributed by atoms with Crippen molar-refractivity contribution in [2.75, 3.05) is 11.1 Å². The molecule has 0 amide bonds. The zero-order chi connectivity index (χ0) is 14.7. The molecule has 0 bridgehead atoms. The fraction of sp³-hybridized carbons (Fsp3) is 0.133. The summed E-state index contributed by atoms with van der Waals surface area (Å²) in [5, 5.41) is 11.5. The van der Waals surface area contributed by atoms with Crippen molar-refractivity contribution in [1.82, 2.24) is 0 Å². The van der Waals surface area contributed by atoms with E-state index in [0.29, 0.717) is 16.9 Å². The molecule has 0 radical (unpaired) electrons. The maximum atomic E-state index is 13.7. The maximum absolute atomic E-state index is 13.7. The molecule has 102 valence electrons. The summed E-state index contributed by atoms with van der Waals surface area (Å²) in [6.07, 6.45) is 0.159. The average molecular weight is 273 g/mol. The van der Waals surface area contributed by atoms with Crippen LogP contribution >= 0.6 is 0 Å². The predicted molar refractivity (Wildman–Crippen MR) is 74.5 cm³/mol. The number of nitrogens with one attached hydrogen (secondary N) is 1. The summed E-state index contributed by atoms with van der Waals surface area (Å²) >= 11 is 0. The van der Waals surface area contributed by atoms with E-state index in [-0.39, 0.29) is 17.7 Å². The molecule has 0 saturated heterocycles. The van der Waals surface area contributed by atoms with Gasteiger partial charge in [-0.05, 0) is 42.3 Å². The van der Waals surface area contributed by atoms with Crippen LogP contribution < -0.4 is 11.1 Å². The van der Waals surface area contributed by atoms with Crippen LogP contribution in [0.5, 0.6) is 0 Å². The van der Waals surface area contributed by atoms with Gasteiger partial charge in [-0.3, -0.25) is 0 Å². The summed E-state index contributed by atoms with van der Waals surface area (Å²) in [7, 11) is 0. The monoisotopic (exact) mass is 273 g/mol. The van der Waals surface area contributed by atoms with Gasteiger partial charge in [-0.25, -0.2) is 8.78 Å². The summed E-state index contributed by atoms with van der Waals surface area (Å²) in [5.74, 6) is -1.02. The second-order valence-corrected chi connectivity index (χ2v) is 4.45. The number of nitrogen functional groups attached to an aromatic ring is 1. The molecule has 0 fully saturated rings. The Kier molecular flexibility index (Phi) is 3.85. The Balaban J connectivity index is 2.33. The Hall–Kier alpha value is -2.61.